The van der Waals surface area contributed by atoms with Crippen molar-refractivity contribution < 1.29 is 54.3 Å². The number of carbonyl (C=O) groups excluding carboxylic acids is 2. The van der Waals surface area contributed by atoms with Crippen molar-refractivity contribution in [2.75, 3.05) is 17.2 Å². The van der Waals surface area contributed by atoms with Gasteiger partial charge in [0.2, 0.25) is 6.10 Å². The highest BCUT2D eigenvalue weighted by atomic mass is 32.2. The van der Waals surface area contributed by atoms with Crippen molar-refractivity contribution in [3.05, 3.63) is 63.7 Å². The standard InChI is InChI=1S/C28H23N9O11S3/c1-9-4-15(37-28(31-9)33-20(34-37)26(46)47)49-7-11-8-50-23-17(22(41)36(23)18(11)24(42)43)32-21(40)16(14-6-30-27(29)51-14)35-48-19(25(44)45)10-2-3-12(38)13(39)5-10/h2-6,17,19,23,38-39H,7-8H2,1H3,(H2,29,30)(H,32,40)(H,42,43)(H,44,45)(H,46,47). The number of hydrogen-bond acceptors (Lipinski definition) is 17. The first kappa shape index (κ1) is 34.9. The number of fused-ring (bicyclic) bond motifs is 2. The van der Waals surface area contributed by atoms with E-state index in [1.165, 1.54) is 28.5 Å². The molecule has 3 atom stereocenters. The fourth-order valence-electron chi connectivity index (χ4n) is 4.97. The Morgan fingerprint density at radius 1 is 1.14 bits per heavy atom. The molecule has 8 N–H and O–H groups in total. The van der Waals surface area contributed by atoms with Crippen molar-refractivity contribution in [2.24, 2.45) is 5.16 Å². The Labute approximate surface area is 296 Å². The van der Waals surface area contributed by atoms with Crippen LogP contribution in [-0.2, 0) is 24.0 Å². The van der Waals surface area contributed by atoms with Crippen LogP contribution in [0, 0.1) is 6.92 Å². The third-order valence-electron chi connectivity index (χ3n) is 7.28. The summed E-state index contributed by atoms with van der Waals surface area (Å²) in [5, 5.41) is 58.4. The molecule has 51 heavy (non-hydrogen) atoms. The molecule has 0 spiro atoms. The number of aromatic nitrogens is 5. The lowest BCUT2D eigenvalue weighted by Gasteiger charge is -2.49. The van der Waals surface area contributed by atoms with E-state index in [2.05, 4.69) is 30.5 Å². The summed E-state index contributed by atoms with van der Waals surface area (Å²) in [6.45, 7) is 1.67. The summed E-state index contributed by atoms with van der Waals surface area (Å²) in [4.78, 5) is 81.0. The normalized spacial score (nSPS) is 17.9. The van der Waals surface area contributed by atoms with E-state index in [4.69, 9.17) is 10.6 Å². The SMILES string of the molecule is Cc1cc(SCC2=C(C(=O)O)N3C(=O)C(NC(=O)C(=NOC(C(=O)O)c4ccc(O)c(O)c4)c4cnc(N)s4)C3SC2)n2nc(C(=O)O)nc2n1. The number of aryl methyl sites for hydroxylation is 1. The quantitative estimate of drug-likeness (QED) is 0.0261. The van der Waals surface area contributed by atoms with E-state index < -0.39 is 70.3 Å². The average Bonchev–Trinajstić information content (AvgIpc) is 3.71. The number of thioether (sulfide) groups is 2. The van der Waals surface area contributed by atoms with Crippen molar-refractivity contribution in [3.63, 3.8) is 0 Å². The molecule has 2 aliphatic heterocycles. The molecule has 3 unspecified atom stereocenters. The number of phenolic OH excluding ortho intramolecular Hbond substituents is 2. The number of carboxylic acid groups (broad SMARTS) is 3. The number of carbonyl (C=O) groups is 5. The molecule has 23 heteroatoms. The maximum atomic E-state index is 13.5. The third-order valence-corrected chi connectivity index (χ3v) is 10.5. The van der Waals surface area contributed by atoms with Gasteiger partial charge in [0.1, 0.15) is 22.1 Å². The molecule has 4 aromatic rings. The number of nitrogens with zero attached hydrogens (tertiary/aromatic N) is 7. The first-order valence-corrected chi connectivity index (χ1v) is 17.1. The van der Waals surface area contributed by atoms with Gasteiger partial charge in [0.25, 0.3) is 23.4 Å². The Morgan fingerprint density at radius 3 is 2.55 bits per heavy atom. The minimum absolute atomic E-state index is 0.0351. The zero-order valence-corrected chi connectivity index (χ0v) is 28.1. The van der Waals surface area contributed by atoms with E-state index in [1.807, 2.05) is 0 Å². The number of aromatic hydroxyl groups is 2. The van der Waals surface area contributed by atoms with Crippen molar-refractivity contribution in [2.45, 2.75) is 29.5 Å². The first-order chi connectivity index (χ1) is 24.2. The molecule has 264 valence electrons. The highest BCUT2D eigenvalue weighted by Crippen LogP contribution is 2.42. The maximum absolute atomic E-state index is 13.5. The second-order valence-corrected chi connectivity index (χ2v) is 13.8. The van der Waals surface area contributed by atoms with E-state index in [0.717, 1.165) is 40.1 Å². The van der Waals surface area contributed by atoms with Gasteiger partial charge in [0, 0.05) is 29.0 Å². The number of nitrogens with one attached hydrogen (secondary N) is 1. The molecule has 3 aromatic heterocycles. The van der Waals surface area contributed by atoms with Crippen molar-refractivity contribution in [3.8, 4) is 11.5 Å². The fourth-order valence-corrected chi connectivity index (χ4v) is 8.16. The number of carboxylic acids is 3. The van der Waals surface area contributed by atoms with Crippen LogP contribution in [-0.4, -0.2) is 113 Å². The predicted molar refractivity (Wildman–Crippen MR) is 177 cm³/mol. The molecule has 20 nitrogen and oxygen atoms in total. The van der Waals surface area contributed by atoms with Crippen LogP contribution in [0.2, 0.25) is 0 Å². The molecule has 5 heterocycles. The molecular weight excluding hydrogens is 735 g/mol. The largest absolute Gasteiger partial charge is 0.504 e. The van der Waals surface area contributed by atoms with E-state index >= 15 is 0 Å². The molecule has 0 saturated carbocycles. The summed E-state index contributed by atoms with van der Waals surface area (Å²) in [7, 11) is 0. The Morgan fingerprint density at radius 2 is 1.90 bits per heavy atom. The van der Waals surface area contributed by atoms with Crippen LogP contribution in [0.1, 0.15) is 32.9 Å². The molecule has 2 aliphatic rings. The van der Waals surface area contributed by atoms with Gasteiger partial charge in [-0.2, -0.15) is 9.50 Å². The highest BCUT2D eigenvalue weighted by molar-refractivity contribution is 8.01. The highest BCUT2D eigenvalue weighted by Gasteiger charge is 2.54. The zero-order valence-electron chi connectivity index (χ0n) is 25.7. The summed E-state index contributed by atoms with van der Waals surface area (Å²) < 4.78 is 1.23. The summed E-state index contributed by atoms with van der Waals surface area (Å²) >= 11 is 3.15. The molecule has 6 rings (SSSR count). The number of aromatic carboxylic acids is 1. The van der Waals surface area contributed by atoms with Crippen LogP contribution < -0.4 is 11.1 Å². The monoisotopic (exact) mass is 757 g/mol. The van der Waals surface area contributed by atoms with Gasteiger partial charge in [0.15, 0.2) is 22.3 Å². The number of benzene rings is 1. The van der Waals surface area contributed by atoms with Crippen molar-refractivity contribution >= 4 is 81.2 Å². The Kier molecular flexibility index (Phi) is 9.42. The average molecular weight is 758 g/mol. The minimum atomic E-state index is -1.84. The van der Waals surface area contributed by atoms with Crippen LogP contribution in [0.5, 0.6) is 11.5 Å². The summed E-state index contributed by atoms with van der Waals surface area (Å²) in [5.74, 6) is -7.32. The van der Waals surface area contributed by atoms with E-state index in [-0.39, 0.29) is 38.6 Å². The lowest BCUT2D eigenvalue weighted by atomic mass is 10.0. The lowest BCUT2D eigenvalue weighted by molar-refractivity contribution is -0.151. The van der Waals surface area contributed by atoms with Crippen LogP contribution in [0.4, 0.5) is 5.13 Å². The van der Waals surface area contributed by atoms with Gasteiger partial charge in [-0.05, 0) is 30.7 Å². The number of oxime groups is 1. The summed E-state index contributed by atoms with van der Waals surface area (Å²) in [5.41, 5.74) is 5.74. The van der Waals surface area contributed by atoms with Crippen molar-refractivity contribution in [1.82, 2.24) is 34.8 Å². The Hall–Kier alpha value is -5.94. The molecule has 1 saturated heterocycles. The Bertz CT molecular complexity index is 2200. The second-order valence-electron chi connectivity index (χ2n) is 10.7. The van der Waals surface area contributed by atoms with Crippen LogP contribution in [0.15, 0.2) is 51.9 Å². The number of phenols is 2. The van der Waals surface area contributed by atoms with Gasteiger partial charge < -0.3 is 41.4 Å². The molecule has 1 aromatic carbocycles. The predicted octanol–water partition coefficient (Wildman–Crippen LogP) is 0.658. The second kappa shape index (κ2) is 13.8. The summed E-state index contributed by atoms with van der Waals surface area (Å²) in [6.07, 6.45) is -0.654. The number of nitrogen functional groups attached to an aromatic ring is 1. The minimum Gasteiger partial charge on any atom is -0.504 e. The molecule has 0 aliphatic carbocycles. The van der Waals surface area contributed by atoms with Gasteiger partial charge >= 0.3 is 17.9 Å². The summed E-state index contributed by atoms with van der Waals surface area (Å²) in [6, 6.07) is 3.57. The van der Waals surface area contributed by atoms with E-state index in [1.54, 1.807) is 13.0 Å². The zero-order chi connectivity index (χ0) is 36.7. The topological polar surface area (TPSA) is 305 Å². The molecule has 1 fully saturated rings. The number of anilines is 1. The van der Waals surface area contributed by atoms with Gasteiger partial charge in [-0.15, -0.1) is 28.6 Å². The Balaban J connectivity index is 1.21. The third kappa shape index (κ3) is 6.80. The van der Waals surface area contributed by atoms with Crippen LogP contribution in [0.3, 0.4) is 0 Å². The van der Waals surface area contributed by atoms with Gasteiger partial charge in [-0.25, -0.2) is 24.4 Å². The van der Waals surface area contributed by atoms with E-state index in [0.29, 0.717) is 16.3 Å². The smallest absolute Gasteiger partial charge is 0.375 e. The van der Waals surface area contributed by atoms with Gasteiger partial charge in [-0.1, -0.05) is 22.6 Å². The molecule has 0 radical (unpaired) electrons. The van der Waals surface area contributed by atoms with Gasteiger partial charge in [-0.3, -0.25) is 14.5 Å². The van der Waals surface area contributed by atoms with Crippen LogP contribution >= 0.6 is 34.9 Å². The maximum Gasteiger partial charge on any atom is 0.375 e. The number of rotatable bonds is 12. The number of amides is 2. The number of hydrogen-bond donors (Lipinski definition) is 7. The molecular formula is C28H23N9O11S3. The fraction of sp³-hybridized carbons (Fsp3) is 0.214. The van der Waals surface area contributed by atoms with Crippen LogP contribution in [0.25, 0.3) is 5.78 Å². The lowest BCUT2D eigenvalue weighted by Crippen LogP contribution is -2.71. The number of aliphatic carboxylic acids is 2. The number of nitrogens with two attached hydrogens (primary N) is 1. The molecule has 0 bridgehead atoms. The van der Waals surface area contributed by atoms with Gasteiger partial charge in [0.05, 0.1) is 4.88 Å². The first-order valence-electron chi connectivity index (χ1n) is 14.2. The van der Waals surface area contributed by atoms with E-state index in [9.17, 15) is 49.5 Å². The number of thiazole rings is 1. The molecule has 2 amide bonds. The van der Waals surface area contributed by atoms with Crippen molar-refractivity contribution in [1.29, 1.82) is 0 Å². The number of β-lactam (4-membered cyclic amide) rings is 1.